The van der Waals surface area contributed by atoms with Gasteiger partial charge in [-0.05, 0) is 61.9 Å². The molecule has 2 atom stereocenters. The average molecular weight is 625 g/mol. The molecule has 1 heterocycles. The van der Waals surface area contributed by atoms with Crippen molar-refractivity contribution in [3.05, 3.63) is 94.0 Å². The summed E-state index contributed by atoms with van der Waals surface area (Å²) in [4.78, 5) is 29.8. The first-order chi connectivity index (χ1) is 20.2. The van der Waals surface area contributed by atoms with Crippen LogP contribution in [0.3, 0.4) is 0 Å². The van der Waals surface area contributed by atoms with E-state index < -0.39 is 42.4 Å². The molecule has 1 fully saturated rings. The molecule has 0 aromatic heterocycles. The molecule has 1 saturated heterocycles. The Morgan fingerprint density at radius 1 is 1.02 bits per heavy atom. The van der Waals surface area contributed by atoms with Crippen molar-refractivity contribution in [1.29, 1.82) is 0 Å². The normalized spacial score (nSPS) is 17.5. The zero-order chi connectivity index (χ0) is 31.5. The molecular weight excluding hydrogens is 595 g/mol. The van der Waals surface area contributed by atoms with Crippen molar-refractivity contribution in [2.24, 2.45) is 5.73 Å². The Balaban J connectivity index is 1.48. The fourth-order valence-corrected chi connectivity index (χ4v) is 5.28. The van der Waals surface area contributed by atoms with E-state index in [4.69, 9.17) is 22.1 Å². The molecule has 2 unspecified atom stereocenters. The highest BCUT2D eigenvalue weighted by Crippen LogP contribution is 2.39. The number of piperazine rings is 1. The zero-order valence-corrected chi connectivity index (χ0v) is 24.1. The minimum atomic E-state index is -4.97. The molecule has 3 amide bonds. The van der Waals surface area contributed by atoms with Gasteiger partial charge in [-0.1, -0.05) is 29.8 Å². The molecule has 0 spiro atoms. The zero-order valence-electron chi connectivity index (χ0n) is 23.4. The lowest BCUT2D eigenvalue weighted by atomic mass is 10.1. The summed E-state index contributed by atoms with van der Waals surface area (Å²) >= 11 is 6.12. The number of hydrogen-bond acceptors (Lipinski definition) is 4. The second kappa shape index (κ2) is 13.2. The summed E-state index contributed by atoms with van der Waals surface area (Å²) in [5, 5.41) is 0.169. The number of hydrogen-bond donors (Lipinski definition) is 1. The molecule has 1 aliphatic rings. The van der Waals surface area contributed by atoms with E-state index in [9.17, 15) is 31.5 Å². The number of amides is 3. The molecule has 4 rings (SSSR count). The minimum absolute atomic E-state index is 0.0102. The summed E-state index contributed by atoms with van der Waals surface area (Å²) in [5.74, 6) is -1.88. The summed E-state index contributed by atoms with van der Waals surface area (Å²) in [6, 6.07) is 11.2. The lowest BCUT2D eigenvalue weighted by Crippen LogP contribution is -2.58. The Labute approximate surface area is 250 Å². The van der Waals surface area contributed by atoms with Gasteiger partial charge in [-0.3, -0.25) is 14.6 Å². The summed E-state index contributed by atoms with van der Waals surface area (Å²) in [6.45, 7) is 4.41. The van der Waals surface area contributed by atoms with Crippen LogP contribution in [0.15, 0.2) is 60.7 Å². The Bertz CT molecular complexity index is 1470. The molecule has 0 bridgehead atoms. The van der Waals surface area contributed by atoms with E-state index in [1.807, 2.05) is 13.8 Å². The third kappa shape index (κ3) is 7.74. The van der Waals surface area contributed by atoms with Gasteiger partial charge in [0.1, 0.15) is 17.4 Å². The Morgan fingerprint density at radius 2 is 1.72 bits per heavy atom. The van der Waals surface area contributed by atoms with Gasteiger partial charge in [0, 0.05) is 42.3 Å². The highest BCUT2D eigenvalue weighted by molar-refractivity contribution is 6.30. The number of benzene rings is 3. The van der Waals surface area contributed by atoms with Crippen LogP contribution in [0.1, 0.15) is 30.5 Å². The number of urea groups is 1. The van der Waals surface area contributed by atoms with Gasteiger partial charge in [-0.2, -0.15) is 13.2 Å². The van der Waals surface area contributed by atoms with Crippen LogP contribution in [0.2, 0.25) is 5.02 Å². The van der Waals surface area contributed by atoms with Crippen molar-refractivity contribution < 1.29 is 36.3 Å². The van der Waals surface area contributed by atoms with Crippen molar-refractivity contribution in [2.45, 2.75) is 45.2 Å². The fourth-order valence-electron chi connectivity index (χ4n) is 5.08. The quantitative estimate of drug-likeness (QED) is 0.302. The molecule has 0 saturated carbocycles. The molecule has 230 valence electrons. The Kier molecular flexibility index (Phi) is 9.81. The molecule has 0 radical (unpaired) electrons. The van der Waals surface area contributed by atoms with Crippen molar-refractivity contribution in [2.75, 3.05) is 24.6 Å². The molecular formula is C30H30ClF5N4O3. The van der Waals surface area contributed by atoms with Crippen LogP contribution >= 0.6 is 11.6 Å². The number of nitrogens with two attached hydrogens (primary N) is 1. The number of nitrogens with zero attached hydrogens (tertiary/aromatic N) is 3. The number of halogens is 6. The van der Waals surface area contributed by atoms with Gasteiger partial charge in [0.2, 0.25) is 0 Å². The SMILES string of the molecule is CC1CN(C(=O)COc2ccc(Cl)cc2CN(C(N)=O)c2c(F)cccc2C(F)(F)F)C(C)CN1Cc1ccc(F)cc1. The van der Waals surface area contributed by atoms with E-state index in [2.05, 4.69) is 4.90 Å². The van der Waals surface area contributed by atoms with Gasteiger partial charge >= 0.3 is 12.2 Å². The number of ether oxygens (including phenoxy) is 1. The van der Waals surface area contributed by atoms with Gasteiger partial charge in [-0.15, -0.1) is 0 Å². The van der Waals surface area contributed by atoms with Gasteiger partial charge in [0.25, 0.3) is 5.91 Å². The maximum Gasteiger partial charge on any atom is 0.418 e. The van der Waals surface area contributed by atoms with E-state index in [1.165, 1.54) is 30.3 Å². The van der Waals surface area contributed by atoms with Crippen LogP contribution < -0.4 is 15.4 Å². The first-order valence-electron chi connectivity index (χ1n) is 13.4. The number of anilines is 1. The van der Waals surface area contributed by atoms with Crippen LogP contribution in [0.4, 0.5) is 32.4 Å². The van der Waals surface area contributed by atoms with Crippen LogP contribution in [-0.2, 0) is 24.1 Å². The predicted molar refractivity (Wildman–Crippen MR) is 152 cm³/mol. The molecule has 0 aliphatic carbocycles. The Hall–Kier alpha value is -3.90. The molecule has 3 aromatic rings. The maximum absolute atomic E-state index is 14.7. The van der Waals surface area contributed by atoms with Crippen LogP contribution in [0.5, 0.6) is 5.75 Å². The Morgan fingerprint density at radius 3 is 2.37 bits per heavy atom. The van der Waals surface area contributed by atoms with Crippen molar-refractivity contribution in [3.63, 3.8) is 0 Å². The fraction of sp³-hybridized carbons (Fsp3) is 0.333. The standard InChI is InChI=1S/C30H30ClF5N4O3/c1-18-14-39(19(2)13-38(18)15-20-6-9-23(32)10-7-20)27(41)17-43-26-11-8-22(31)12-21(26)16-40(29(37)42)28-24(30(34,35)36)4-3-5-25(28)33/h3-12,18-19H,13-17H2,1-2H3,(H2,37,42). The topological polar surface area (TPSA) is 79.1 Å². The first kappa shape index (κ1) is 32.0. The monoisotopic (exact) mass is 624 g/mol. The van der Waals surface area contributed by atoms with E-state index in [0.29, 0.717) is 30.6 Å². The molecule has 1 aliphatic heterocycles. The summed E-state index contributed by atoms with van der Waals surface area (Å²) in [5.41, 5.74) is 4.04. The van der Waals surface area contributed by atoms with E-state index in [0.717, 1.165) is 17.7 Å². The smallest absolute Gasteiger partial charge is 0.418 e. The van der Waals surface area contributed by atoms with Crippen molar-refractivity contribution in [1.82, 2.24) is 9.80 Å². The number of rotatable bonds is 8. The summed E-state index contributed by atoms with van der Waals surface area (Å²) in [6.07, 6.45) is -4.97. The first-order valence-corrected chi connectivity index (χ1v) is 13.7. The highest BCUT2D eigenvalue weighted by Gasteiger charge is 2.38. The van der Waals surface area contributed by atoms with Crippen LogP contribution in [-0.4, -0.2) is 53.5 Å². The van der Waals surface area contributed by atoms with Crippen molar-refractivity contribution >= 4 is 29.2 Å². The predicted octanol–water partition coefficient (Wildman–Crippen LogP) is 6.22. The molecule has 2 N–H and O–H groups in total. The van der Waals surface area contributed by atoms with E-state index in [1.54, 1.807) is 17.0 Å². The van der Waals surface area contributed by atoms with Crippen molar-refractivity contribution in [3.8, 4) is 5.75 Å². The number of carbonyl (C=O) groups excluding carboxylic acids is 2. The largest absolute Gasteiger partial charge is 0.483 e. The maximum atomic E-state index is 14.7. The molecule has 7 nitrogen and oxygen atoms in total. The average Bonchev–Trinajstić information content (AvgIpc) is 2.93. The van der Waals surface area contributed by atoms with Gasteiger partial charge in [0.15, 0.2) is 6.61 Å². The van der Waals surface area contributed by atoms with Gasteiger partial charge in [-0.25, -0.2) is 13.6 Å². The van der Waals surface area contributed by atoms with Gasteiger partial charge < -0.3 is 15.4 Å². The molecule has 3 aromatic carbocycles. The summed E-state index contributed by atoms with van der Waals surface area (Å²) < 4.78 is 74.8. The second-order valence-corrected chi connectivity index (χ2v) is 10.8. The number of carbonyl (C=O) groups is 2. The van der Waals surface area contributed by atoms with Gasteiger partial charge in [0.05, 0.1) is 17.8 Å². The van der Waals surface area contributed by atoms with Crippen LogP contribution in [0, 0.1) is 11.6 Å². The number of primary amides is 1. The lowest BCUT2D eigenvalue weighted by Gasteiger charge is -2.44. The third-order valence-corrected chi connectivity index (χ3v) is 7.50. The number of alkyl halides is 3. The highest BCUT2D eigenvalue weighted by atomic mass is 35.5. The van der Waals surface area contributed by atoms with Crippen LogP contribution in [0.25, 0.3) is 0 Å². The second-order valence-electron chi connectivity index (χ2n) is 10.4. The lowest BCUT2D eigenvalue weighted by molar-refractivity contribution is -0.139. The molecule has 13 heteroatoms. The summed E-state index contributed by atoms with van der Waals surface area (Å²) in [7, 11) is 0. The minimum Gasteiger partial charge on any atom is -0.483 e. The number of para-hydroxylation sites is 1. The molecule has 43 heavy (non-hydrogen) atoms. The van der Waals surface area contributed by atoms with E-state index in [-0.39, 0.29) is 40.1 Å². The third-order valence-electron chi connectivity index (χ3n) is 7.26. The van der Waals surface area contributed by atoms with E-state index >= 15 is 0 Å².